The van der Waals surface area contributed by atoms with Crippen LogP contribution in [0.5, 0.6) is 5.75 Å². The number of hydrogen-bond donors (Lipinski definition) is 1. The number of carboxylic acids is 1. The Hall–Kier alpha value is -1.62. The molecule has 0 bridgehead atoms. The van der Waals surface area contributed by atoms with Crippen LogP contribution in [0.3, 0.4) is 0 Å². The van der Waals surface area contributed by atoms with Crippen molar-refractivity contribution in [3.63, 3.8) is 0 Å². The van der Waals surface area contributed by atoms with Crippen LogP contribution in [0.2, 0.25) is 0 Å². The average Bonchev–Trinajstić information content (AvgIpc) is 3.23. The second kappa shape index (κ2) is 6.22. The molecule has 1 atom stereocenters. The maximum atomic E-state index is 14.6. The van der Waals surface area contributed by atoms with Gasteiger partial charge in [-0.15, -0.1) is 0 Å². The standard InChI is InChI=1S/C15H19FO4/c1-19-8-12-13(20-2)6-5-10(15(12)16)11(7-14(17)18)9-3-4-9/h5-6,9,11H,3-4,7-8H2,1-2H3,(H,17,18). The number of aliphatic carboxylic acids is 1. The van der Waals surface area contributed by atoms with Gasteiger partial charge in [0, 0.05) is 13.0 Å². The van der Waals surface area contributed by atoms with Crippen molar-refractivity contribution in [1.82, 2.24) is 0 Å². The highest BCUT2D eigenvalue weighted by Gasteiger charge is 2.36. The summed E-state index contributed by atoms with van der Waals surface area (Å²) in [5.41, 5.74) is 0.811. The molecule has 5 heteroatoms. The fraction of sp³-hybridized carbons (Fsp3) is 0.533. The number of halogens is 1. The van der Waals surface area contributed by atoms with Gasteiger partial charge in [0.15, 0.2) is 0 Å². The predicted octanol–water partition coefficient (Wildman–Crippen LogP) is 2.95. The van der Waals surface area contributed by atoms with Gasteiger partial charge in [-0.05, 0) is 30.4 Å². The van der Waals surface area contributed by atoms with E-state index in [1.807, 2.05) is 0 Å². The van der Waals surface area contributed by atoms with Crippen molar-refractivity contribution in [2.45, 2.75) is 31.8 Å². The Morgan fingerprint density at radius 2 is 2.15 bits per heavy atom. The molecule has 0 saturated heterocycles. The molecule has 0 heterocycles. The summed E-state index contributed by atoms with van der Waals surface area (Å²) in [5.74, 6) is -0.869. The average molecular weight is 282 g/mol. The lowest BCUT2D eigenvalue weighted by Crippen LogP contribution is -2.12. The summed E-state index contributed by atoms with van der Waals surface area (Å²) in [6.45, 7) is 0.104. The summed E-state index contributed by atoms with van der Waals surface area (Å²) >= 11 is 0. The quantitative estimate of drug-likeness (QED) is 0.835. The maximum Gasteiger partial charge on any atom is 0.303 e. The van der Waals surface area contributed by atoms with Crippen LogP contribution >= 0.6 is 0 Å². The summed E-state index contributed by atoms with van der Waals surface area (Å²) in [6, 6.07) is 3.32. The Labute approximate surface area is 117 Å². The molecule has 1 aromatic carbocycles. The molecule has 1 aliphatic rings. The maximum absolute atomic E-state index is 14.6. The van der Waals surface area contributed by atoms with Crippen molar-refractivity contribution in [2.75, 3.05) is 14.2 Å². The SMILES string of the molecule is COCc1c(OC)ccc(C(CC(=O)O)C2CC2)c1F. The fourth-order valence-electron chi connectivity index (χ4n) is 2.60. The van der Waals surface area contributed by atoms with Crippen LogP contribution in [0.4, 0.5) is 4.39 Å². The second-order valence-electron chi connectivity index (χ2n) is 5.12. The first-order valence-corrected chi connectivity index (χ1v) is 6.64. The Morgan fingerprint density at radius 1 is 1.45 bits per heavy atom. The first-order chi connectivity index (χ1) is 9.58. The molecule has 0 spiro atoms. The zero-order chi connectivity index (χ0) is 14.7. The van der Waals surface area contributed by atoms with E-state index in [1.54, 1.807) is 12.1 Å². The van der Waals surface area contributed by atoms with Gasteiger partial charge in [-0.1, -0.05) is 6.07 Å². The molecular weight excluding hydrogens is 263 g/mol. The summed E-state index contributed by atoms with van der Waals surface area (Å²) < 4.78 is 24.8. The van der Waals surface area contributed by atoms with E-state index in [0.29, 0.717) is 16.9 Å². The Balaban J connectivity index is 2.39. The van der Waals surface area contributed by atoms with Crippen molar-refractivity contribution in [3.8, 4) is 5.75 Å². The minimum atomic E-state index is -0.898. The first kappa shape index (κ1) is 14.8. The predicted molar refractivity (Wildman–Crippen MR) is 71.4 cm³/mol. The molecule has 1 aliphatic carbocycles. The third kappa shape index (κ3) is 3.10. The van der Waals surface area contributed by atoms with Gasteiger partial charge in [-0.25, -0.2) is 4.39 Å². The van der Waals surface area contributed by atoms with Crippen LogP contribution in [0.1, 0.15) is 36.3 Å². The molecule has 0 aliphatic heterocycles. The van der Waals surface area contributed by atoms with E-state index < -0.39 is 11.8 Å². The Bertz CT molecular complexity index is 497. The number of benzene rings is 1. The van der Waals surface area contributed by atoms with Crippen LogP contribution in [0.25, 0.3) is 0 Å². The molecule has 0 aromatic heterocycles. The van der Waals surface area contributed by atoms with Crippen molar-refractivity contribution in [3.05, 3.63) is 29.1 Å². The molecule has 0 radical (unpaired) electrons. The van der Waals surface area contributed by atoms with Gasteiger partial charge < -0.3 is 14.6 Å². The smallest absolute Gasteiger partial charge is 0.303 e. The van der Waals surface area contributed by atoms with E-state index >= 15 is 0 Å². The lowest BCUT2D eigenvalue weighted by atomic mass is 9.89. The van der Waals surface area contributed by atoms with Crippen molar-refractivity contribution in [2.24, 2.45) is 5.92 Å². The molecule has 1 saturated carbocycles. The number of ether oxygens (including phenoxy) is 2. The zero-order valence-corrected chi connectivity index (χ0v) is 11.7. The number of hydrogen-bond acceptors (Lipinski definition) is 3. The molecule has 1 fully saturated rings. The molecular formula is C15H19FO4. The third-order valence-corrected chi connectivity index (χ3v) is 3.72. The van der Waals surface area contributed by atoms with Gasteiger partial charge in [0.05, 0.1) is 25.7 Å². The van der Waals surface area contributed by atoms with Crippen LogP contribution in [0, 0.1) is 11.7 Å². The molecule has 110 valence electrons. The minimum Gasteiger partial charge on any atom is -0.496 e. The number of carboxylic acid groups (broad SMARTS) is 1. The number of rotatable bonds is 7. The van der Waals surface area contributed by atoms with E-state index in [4.69, 9.17) is 14.6 Å². The van der Waals surface area contributed by atoms with Gasteiger partial charge in [0.2, 0.25) is 0 Å². The van der Waals surface area contributed by atoms with E-state index in [0.717, 1.165) is 12.8 Å². The van der Waals surface area contributed by atoms with Crippen LogP contribution in [-0.4, -0.2) is 25.3 Å². The third-order valence-electron chi connectivity index (χ3n) is 3.72. The van der Waals surface area contributed by atoms with Crippen LogP contribution < -0.4 is 4.74 Å². The molecule has 1 aromatic rings. The molecule has 2 rings (SSSR count). The molecule has 20 heavy (non-hydrogen) atoms. The lowest BCUT2D eigenvalue weighted by molar-refractivity contribution is -0.137. The highest BCUT2D eigenvalue weighted by atomic mass is 19.1. The second-order valence-corrected chi connectivity index (χ2v) is 5.12. The topological polar surface area (TPSA) is 55.8 Å². The summed E-state index contributed by atoms with van der Waals surface area (Å²) in [5, 5.41) is 9.01. The zero-order valence-electron chi connectivity index (χ0n) is 11.7. The van der Waals surface area contributed by atoms with Gasteiger partial charge in [-0.2, -0.15) is 0 Å². The first-order valence-electron chi connectivity index (χ1n) is 6.64. The lowest BCUT2D eigenvalue weighted by Gasteiger charge is -2.19. The summed E-state index contributed by atoms with van der Waals surface area (Å²) in [6.07, 6.45) is 1.88. The monoisotopic (exact) mass is 282 g/mol. The largest absolute Gasteiger partial charge is 0.496 e. The molecule has 4 nitrogen and oxygen atoms in total. The van der Waals surface area contributed by atoms with Gasteiger partial charge in [0.25, 0.3) is 0 Å². The fourth-order valence-corrected chi connectivity index (χ4v) is 2.60. The van der Waals surface area contributed by atoms with Gasteiger partial charge >= 0.3 is 5.97 Å². The van der Waals surface area contributed by atoms with Crippen molar-refractivity contribution >= 4 is 5.97 Å². The normalized spacial score (nSPS) is 15.9. The van der Waals surface area contributed by atoms with E-state index in [1.165, 1.54) is 14.2 Å². The minimum absolute atomic E-state index is 0.0413. The summed E-state index contributed by atoms with van der Waals surface area (Å²) in [7, 11) is 2.96. The number of carbonyl (C=O) groups is 1. The van der Waals surface area contributed by atoms with Gasteiger partial charge in [-0.3, -0.25) is 4.79 Å². The van der Waals surface area contributed by atoms with Crippen LogP contribution in [0.15, 0.2) is 12.1 Å². The van der Waals surface area contributed by atoms with E-state index in [-0.39, 0.29) is 24.9 Å². The van der Waals surface area contributed by atoms with Crippen molar-refractivity contribution < 1.29 is 23.8 Å². The highest BCUT2D eigenvalue weighted by molar-refractivity contribution is 5.68. The van der Waals surface area contributed by atoms with E-state index in [2.05, 4.69) is 0 Å². The number of methoxy groups -OCH3 is 2. The Kier molecular flexibility index (Phi) is 4.60. The Morgan fingerprint density at radius 3 is 2.65 bits per heavy atom. The molecule has 0 amide bonds. The van der Waals surface area contributed by atoms with Crippen LogP contribution in [-0.2, 0) is 16.1 Å². The summed E-state index contributed by atoms with van der Waals surface area (Å²) in [4.78, 5) is 11.0. The van der Waals surface area contributed by atoms with Gasteiger partial charge in [0.1, 0.15) is 11.6 Å². The molecule has 1 unspecified atom stereocenters. The highest BCUT2D eigenvalue weighted by Crippen LogP contribution is 2.46. The van der Waals surface area contributed by atoms with Crippen molar-refractivity contribution in [1.29, 1.82) is 0 Å². The van der Waals surface area contributed by atoms with E-state index in [9.17, 15) is 9.18 Å². The molecule has 1 N–H and O–H groups in total.